The minimum absolute atomic E-state index is 0.0398. The molecular weight excluding hydrogens is 211 g/mol. The first kappa shape index (κ1) is 12.4. The third-order valence-electron chi connectivity index (χ3n) is 1.81. The van der Waals surface area contributed by atoms with E-state index in [-0.39, 0.29) is 18.4 Å². The molecule has 1 aromatic carbocycles. The van der Waals surface area contributed by atoms with Crippen LogP contribution in [0.2, 0.25) is 0 Å². The van der Waals surface area contributed by atoms with Crippen molar-refractivity contribution in [3.63, 3.8) is 0 Å². The van der Waals surface area contributed by atoms with E-state index in [1.54, 1.807) is 0 Å². The lowest BCUT2D eigenvalue weighted by Gasteiger charge is -2.09. The van der Waals surface area contributed by atoms with Gasteiger partial charge in [0, 0.05) is 5.69 Å². The lowest BCUT2D eigenvalue weighted by atomic mass is 10.2. The summed E-state index contributed by atoms with van der Waals surface area (Å²) in [6.45, 7) is 3.54. The maximum absolute atomic E-state index is 13.3. The number of carbonyl (C=O) groups excluding carboxylic acids is 1. The van der Waals surface area contributed by atoms with Crippen molar-refractivity contribution in [3.05, 3.63) is 24.0 Å². The zero-order chi connectivity index (χ0) is 12.1. The molecule has 1 amide bonds. The van der Waals surface area contributed by atoms with E-state index in [0.29, 0.717) is 5.69 Å². The molecule has 0 saturated carbocycles. The molecule has 0 aromatic heterocycles. The summed E-state index contributed by atoms with van der Waals surface area (Å²) < 4.78 is 18.4. The Morgan fingerprint density at radius 1 is 1.56 bits per heavy atom. The Morgan fingerprint density at radius 2 is 2.25 bits per heavy atom. The Bertz CT molecular complexity index is 380. The Balaban J connectivity index is 2.56. The average molecular weight is 226 g/mol. The van der Waals surface area contributed by atoms with E-state index in [1.807, 2.05) is 13.8 Å². The SMILES string of the molecule is CC(C)OCC(=O)Nc1ccc(N)cc1F. The Morgan fingerprint density at radius 3 is 2.81 bits per heavy atom. The molecule has 3 N–H and O–H groups in total. The van der Waals surface area contributed by atoms with E-state index >= 15 is 0 Å². The van der Waals surface area contributed by atoms with E-state index in [9.17, 15) is 9.18 Å². The van der Waals surface area contributed by atoms with Gasteiger partial charge >= 0.3 is 0 Å². The lowest BCUT2D eigenvalue weighted by molar-refractivity contribution is -0.121. The molecule has 0 spiro atoms. The van der Waals surface area contributed by atoms with Crippen LogP contribution in [0.15, 0.2) is 18.2 Å². The number of rotatable bonds is 4. The fourth-order valence-electron chi connectivity index (χ4n) is 1.06. The summed E-state index contributed by atoms with van der Waals surface area (Å²) in [6, 6.07) is 4.08. The number of amides is 1. The van der Waals surface area contributed by atoms with Gasteiger partial charge in [-0.05, 0) is 32.0 Å². The first-order valence-electron chi connectivity index (χ1n) is 4.95. The second-order valence-corrected chi connectivity index (χ2v) is 3.65. The number of ether oxygens (including phenoxy) is 1. The molecule has 5 heteroatoms. The van der Waals surface area contributed by atoms with Gasteiger partial charge in [0.2, 0.25) is 5.91 Å². The van der Waals surface area contributed by atoms with Gasteiger partial charge in [0.25, 0.3) is 0 Å². The third kappa shape index (κ3) is 3.86. The third-order valence-corrected chi connectivity index (χ3v) is 1.81. The highest BCUT2D eigenvalue weighted by molar-refractivity contribution is 5.91. The van der Waals surface area contributed by atoms with E-state index in [4.69, 9.17) is 10.5 Å². The van der Waals surface area contributed by atoms with Gasteiger partial charge in [0.1, 0.15) is 12.4 Å². The van der Waals surface area contributed by atoms with Crippen LogP contribution in [0, 0.1) is 5.82 Å². The maximum atomic E-state index is 13.3. The summed E-state index contributed by atoms with van der Waals surface area (Å²) in [5, 5.41) is 2.40. The predicted octanol–water partition coefficient (Wildman–Crippen LogP) is 1.77. The van der Waals surface area contributed by atoms with E-state index in [0.717, 1.165) is 6.07 Å². The molecule has 0 fully saturated rings. The number of carbonyl (C=O) groups is 1. The number of nitrogens with two attached hydrogens (primary N) is 1. The molecule has 0 aliphatic carbocycles. The number of hydrogen-bond donors (Lipinski definition) is 2. The van der Waals surface area contributed by atoms with Gasteiger partial charge < -0.3 is 15.8 Å². The van der Waals surface area contributed by atoms with Crippen molar-refractivity contribution in [1.29, 1.82) is 0 Å². The number of nitrogens with one attached hydrogen (secondary N) is 1. The highest BCUT2D eigenvalue weighted by atomic mass is 19.1. The van der Waals surface area contributed by atoms with Crippen molar-refractivity contribution >= 4 is 17.3 Å². The van der Waals surface area contributed by atoms with Crippen molar-refractivity contribution < 1.29 is 13.9 Å². The Hall–Kier alpha value is -1.62. The monoisotopic (exact) mass is 226 g/mol. The highest BCUT2D eigenvalue weighted by Gasteiger charge is 2.07. The standard InChI is InChI=1S/C11H15FN2O2/c1-7(2)16-6-11(15)14-10-4-3-8(13)5-9(10)12/h3-5,7H,6,13H2,1-2H3,(H,14,15). The van der Waals surface area contributed by atoms with Crippen LogP contribution in [0.25, 0.3) is 0 Å². The predicted molar refractivity (Wildman–Crippen MR) is 60.5 cm³/mol. The van der Waals surface area contributed by atoms with Crippen molar-refractivity contribution in [2.45, 2.75) is 20.0 Å². The van der Waals surface area contributed by atoms with Crippen molar-refractivity contribution in [3.8, 4) is 0 Å². The second-order valence-electron chi connectivity index (χ2n) is 3.65. The van der Waals surface area contributed by atoms with Crippen LogP contribution in [-0.2, 0) is 9.53 Å². The molecule has 16 heavy (non-hydrogen) atoms. The van der Waals surface area contributed by atoms with Crippen LogP contribution in [0.1, 0.15) is 13.8 Å². The first-order valence-corrected chi connectivity index (χ1v) is 4.95. The molecular formula is C11H15FN2O2. The second kappa shape index (κ2) is 5.46. The molecule has 0 aliphatic heterocycles. The van der Waals surface area contributed by atoms with Gasteiger partial charge in [-0.3, -0.25) is 4.79 Å². The van der Waals surface area contributed by atoms with Gasteiger partial charge in [-0.25, -0.2) is 4.39 Å². The zero-order valence-corrected chi connectivity index (χ0v) is 9.29. The molecule has 0 bridgehead atoms. The van der Waals surface area contributed by atoms with Crippen LogP contribution in [0.4, 0.5) is 15.8 Å². The van der Waals surface area contributed by atoms with Gasteiger partial charge in [-0.15, -0.1) is 0 Å². The molecule has 0 unspecified atom stereocenters. The quantitative estimate of drug-likeness (QED) is 0.769. The van der Waals surface area contributed by atoms with Crippen molar-refractivity contribution in [2.24, 2.45) is 0 Å². The summed E-state index contributed by atoms with van der Waals surface area (Å²) in [6.07, 6.45) is -0.0398. The molecule has 1 aromatic rings. The fourth-order valence-corrected chi connectivity index (χ4v) is 1.06. The van der Waals surface area contributed by atoms with Gasteiger partial charge in [0.15, 0.2) is 0 Å². The molecule has 1 rings (SSSR count). The van der Waals surface area contributed by atoms with Gasteiger partial charge in [-0.2, -0.15) is 0 Å². The van der Waals surface area contributed by atoms with Crippen LogP contribution in [0.5, 0.6) is 0 Å². The van der Waals surface area contributed by atoms with Crippen LogP contribution in [-0.4, -0.2) is 18.6 Å². The summed E-state index contributed by atoms with van der Waals surface area (Å²) in [4.78, 5) is 11.3. The van der Waals surface area contributed by atoms with Crippen LogP contribution >= 0.6 is 0 Å². The van der Waals surface area contributed by atoms with E-state index in [2.05, 4.69) is 5.32 Å². The Labute approximate surface area is 93.6 Å². The minimum atomic E-state index is -0.558. The van der Waals surface area contributed by atoms with Gasteiger partial charge in [-0.1, -0.05) is 0 Å². The number of benzene rings is 1. The molecule has 0 atom stereocenters. The van der Waals surface area contributed by atoms with E-state index < -0.39 is 11.7 Å². The zero-order valence-electron chi connectivity index (χ0n) is 9.29. The maximum Gasteiger partial charge on any atom is 0.250 e. The first-order chi connectivity index (χ1) is 7.49. The van der Waals surface area contributed by atoms with E-state index in [1.165, 1.54) is 12.1 Å². The molecule has 0 aliphatic rings. The van der Waals surface area contributed by atoms with Crippen LogP contribution in [0.3, 0.4) is 0 Å². The minimum Gasteiger partial charge on any atom is -0.399 e. The number of halogens is 1. The highest BCUT2D eigenvalue weighted by Crippen LogP contribution is 2.16. The molecule has 0 saturated heterocycles. The van der Waals surface area contributed by atoms with Gasteiger partial charge in [0.05, 0.1) is 11.8 Å². The largest absolute Gasteiger partial charge is 0.399 e. The van der Waals surface area contributed by atoms with Crippen molar-refractivity contribution in [2.75, 3.05) is 17.7 Å². The summed E-state index contributed by atoms with van der Waals surface area (Å²) in [5.74, 6) is -0.949. The van der Waals surface area contributed by atoms with Crippen LogP contribution < -0.4 is 11.1 Å². The summed E-state index contributed by atoms with van der Waals surface area (Å²) >= 11 is 0. The molecule has 88 valence electrons. The topological polar surface area (TPSA) is 64.3 Å². The van der Waals surface area contributed by atoms with Crippen molar-refractivity contribution in [1.82, 2.24) is 0 Å². The number of nitrogen functional groups attached to an aromatic ring is 1. The summed E-state index contributed by atoms with van der Waals surface area (Å²) in [7, 11) is 0. The molecule has 4 nitrogen and oxygen atoms in total. The summed E-state index contributed by atoms with van der Waals surface area (Å²) in [5.41, 5.74) is 5.80. The number of hydrogen-bond acceptors (Lipinski definition) is 3. The smallest absolute Gasteiger partial charge is 0.250 e. The average Bonchev–Trinajstić information content (AvgIpc) is 2.19. The number of anilines is 2. The normalized spacial score (nSPS) is 10.5. The Kier molecular flexibility index (Phi) is 4.25. The molecule has 0 radical (unpaired) electrons. The fraction of sp³-hybridized carbons (Fsp3) is 0.364. The lowest BCUT2D eigenvalue weighted by Crippen LogP contribution is -2.21. The molecule has 0 heterocycles.